The number of nitro benzene ring substituents is 1. The van der Waals surface area contributed by atoms with Gasteiger partial charge in [-0.25, -0.2) is 0 Å². The Bertz CT molecular complexity index is 623. The Morgan fingerprint density at radius 3 is 2.84 bits per heavy atom. The average molecular weight is 262 g/mol. The molecule has 0 saturated heterocycles. The first-order chi connectivity index (χ1) is 9.08. The van der Waals surface area contributed by atoms with Crippen LogP contribution < -0.4 is 5.32 Å². The number of hydrogen-bond donors (Lipinski definition) is 1. The van der Waals surface area contributed by atoms with Gasteiger partial charge in [0.2, 0.25) is 5.89 Å². The minimum absolute atomic E-state index is 0.0104. The summed E-state index contributed by atoms with van der Waals surface area (Å²) < 4.78 is 4.82. The number of hydrogen-bond acceptors (Lipinski definition) is 6. The second kappa shape index (κ2) is 5.25. The van der Waals surface area contributed by atoms with Gasteiger partial charge in [0.05, 0.1) is 11.5 Å². The molecule has 0 aliphatic heterocycles. The lowest BCUT2D eigenvalue weighted by molar-refractivity contribution is -0.385. The SMILES string of the molecule is Cc1noc(CNC(=O)c2ccccc2[N+](=O)[O-])n1. The fourth-order valence-electron chi connectivity index (χ4n) is 1.49. The molecule has 1 heterocycles. The van der Waals surface area contributed by atoms with Crippen LogP contribution in [-0.2, 0) is 6.54 Å². The summed E-state index contributed by atoms with van der Waals surface area (Å²) in [7, 11) is 0. The van der Waals surface area contributed by atoms with Crippen LogP contribution in [-0.4, -0.2) is 21.0 Å². The van der Waals surface area contributed by atoms with Gasteiger partial charge in [0.25, 0.3) is 11.6 Å². The number of para-hydroxylation sites is 1. The van der Waals surface area contributed by atoms with Crippen LogP contribution in [0.3, 0.4) is 0 Å². The molecule has 1 N–H and O–H groups in total. The zero-order valence-electron chi connectivity index (χ0n) is 9.99. The maximum absolute atomic E-state index is 11.8. The predicted molar refractivity (Wildman–Crippen MR) is 63.3 cm³/mol. The minimum atomic E-state index is -0.605. The molecule has 1 aromatic heterocycles. The fourth-order valence-corrected chi connectivity index (χ4v) is 1.49. The molecule has 0 radical (unpaired) electrons. The zero-order valence-corrected chi connectivity index (χ0v) is 9.99. The molecule has 2 rings (SSSR count). The van der Waals surface area contributed by atoms with Crippen molar-refractivity contribution in [2.45, 2.75) is 13.5 Å². The summed E-state index contributed by atoms with van der Waals surface area (Å²) in [6.45, 7) is 1.67. The van der Waals surface area contributed by atoms with Crippen LogP contribution in [0.15, 0.2) is 28.8 Å². The number of rotatable bonds is 4. The van der Waals surface area contributed by atoms with Crippen molar-refractivity contribution in [1.82, 2.24) is 15.5 Å². The van der Waals surface area contributed by atoms with Crippen molar-refractivity contribution in [3.63, 3.8) is 0 Å². The summed E-state index contributed by atoms with van der Waals surface area (Å²) in [4.78, 5) is 25.9. The monoisotopic (exact) mass is 262 g/mol. The molecular formula is C11H10N4O4. The summed E-state index contributed by atoms with van der Waals surface area (Å²) in [5, 5.41) is 16.8. The maximum atomic E-state index is 11.8. The van der Waals surface area contributed by atoms with Crippen molar-refractivity contribution >= 4 is 11.6 Å². The van der Waals surface area contributed by atoms with Crippen LogP contribution in [0.4, 0.5) is 5.69 Å². The van der Waals surface area contributed by atoms with E-state index >= 15 is 0 Å². The lowest BCUT2D eigenvalue weighted by Crippen LogP contribution is -2.23. The van der Waals surface area contributed by atoms with Gasteiger partial charge in [0.15, 0.2) is 5.82 Å². The van der Waals surface area contributed by atoms with Crippen LogP contribution in [0.1, 0.15) is 22.1 Å². The number of aryl methyl sites for hydroxylation is 1. The highest BCUT2D eigenvalue weighted by atomic mass is 16.6. The Morgan fingerprint density at radius 2 is 2.21 bits per heavy atom. The van der Waals surface area contributed by atoms with Gasteiger partial charge in [-0.3, -0.25) is 14.9 Å². The number of nitrogens with one attached hydrogen (secondary N) is 1. The molecule has 0 spiro atoms. The van der Waals surface area contributed by atoms with E-state index in [-0.39, 0.29) is 23.7 Å². The number of benzene rings is 1. The Labute approximate surface area is 107 Å². The van der Waals surface area contributed by atoms with Gasteiger partial charge >= 0.3 is 0 Å². The highest BCUT2D eigenvalue weighted by Gasteiger charge is 2.19. The summed E-state index contributed by atoms with van der Waals surface area (Å²) in [6, 6.07) is 5.70. The molecule has 2 aromatic rings. The number of aromatic nitrogens is 2. The number of nitro groups is 1. The van der Waals surface area contributed by atoms with E-state index in [1.54, 1.807) is 13.0 Å². The molecular weight excluding hydrogens is 252 g/mol. The van der Waals surface area contributed by atoms with Gasteiger partial charge in [-0.1, -0.05) is 17.3 Å². The predicted octanol–water partition coefficient (Wildman–Crippen LogP) is 1.22. The van der Waals surface area contributed by atoms with E-state index in [4.69, 9.17) is 4.52 Å². The van der Waals surface area contributed by atoms with E-state index in [1.807, 2.05) is 0 Å². The normalized spacial score (nSPS) is 10.2. The lowest BCUT2D eigenvalue weighted by atomic mass is 10.1. The summed E-state index contributed by atoms with van der Waals surface area (Å²) >= 11 is 0. The molecule has 1 amide bonds. The topological polar surface area (TPSA) is 111 Å². The van der Waals surface area contributed by atoms with Crippen LogP contribution in [0.5, 0.6) is 0 Å². The first kappa shape index (κ1) is 12.7. The third-order valence-corrected chi connectivity index (χ3v) is 2.32. The third kappa shape index (κ3) is 2.92. The molecule has 0 saturated carbocycles. The molecule has 98 valence electrons. The molecule has 8 nitrogen and oxygen atoms in total. The van der Waals surface area contributed by atoms with Crippen molar-refractivity contribution in [1.29, 1.82) is 0 Å². The molecule has 1 aromatic carbocycles. The number of nitrogens with zero attached hydrogens (tertiary/aromatic N) is 3. The van der Waals surface area contributed by atoms with Gasteiger partial charge in [0, 0.05) is 6.07 Å². The van der Waals surface area contributed by atoms with Gasteiger partial charge in [-0.15, -0.1) is 0 Å². The largest absolute Gasteiger partial charge is 0.343 e. The molecule has 8 heteroatoms. The standard InChI is InChI=1S/C11H10N4O4/c1-7-13-10(19-14-7)6-12-11(16)8-4-2-3-5-9(8)15(17)18/h2-5H,6H2,1H3,(H,12,16). The maximum Gasteiger partial charge on any atom is 0.282 e. The van der Waals surface area contributed by atoms with Gasteiger partial charge in [-0.05, 0) is 13.0 Å². The van der Waals surface area contributed by atoms with E-state index < -0.39 is 10.8 Å². The molecule has 0 bridgehead atoms. The van der Waals surface area contributed by atoms with Crippen LogP contribution in [0.2, 0.25) is 0 Å². The van der Waals surface area contributed by atoms with E-state index in [1.165, 1.54) is 18.2 Å². The molecule has 0 unspecified atom stereocenters. The third-order valence-electron chi connectivity index (χ3n) is 2.32. The molecule has 19 heavy (non-hydrogen) atoms. The van der Waals surface area contributed by atoms with Gasteiger partial charge < -0.3 is 9.84 Å². The summed E-state index contributed by atoms with van der Waals surface area (Å²) in [5.41, 5.74) is -0.259. The van der Waals surface area contributed by atoms with Crippen LogP contribution >= 0.6 is 0 Å². The number of carbonyl (C=O) groups is 1. The Hall–Kier alpha value is -2.77. The highest BCUT2D eigenvalue weighted by molar-refractivity contribution is 5.97. The highest BCUT2D eigenvalue weighted by Crippen LogP contribution is 2.17. The number of amides is 1. The quantitative estimate of drug-likeness (QED) is 0.654. The number of carbonyl (C=O) groups excluding carboxylic acids is 1. The second-order valence-corrected chi connectivity index (χ2v) is 3.69. The van der Waals surface area contributed by atoms with E-state index in [9.17, 15) is 14.9 Å². The average Bonchev–Trinajstić information content (AvgIpc) is 2.81. The van der Waals surface area contributed by atoms with Crippen LogP contribution in [0.25, 0.3) is 0 Å². The van der Waals surface area contributed by atoms with Crippen molar-refractivity contribution < 1.29 is 14.2 Å². The van der Waals surface area contributed by atoms with E-state index in [0.29, 0.717) is 5.82 Å². The molecule has 0 aliphatic carbocycles. The fraction of sp³-hybridized carbons (Fsp3) is 0.182. The van der Waals surface area contributed by atoms with E-state index in [2.05, 4.69) is 15.5 Å². The molecule has 0 aliphatic rings. The van der Waals surface area contributed by atoms with Crippen molar-refractivity contribution in [3.05, 3.63) is 51.7 Å². The van der Waals surface area contributed by atoms with Crippen molar-refractivity contribution in [2.75, 3.05) is 0 Å². The summed E-state index contributed by atoms with van der Waals surface area (Å²) in [6.07, 6.45) is 0. The zero-order chi connectivity index (χ0) is 13.8. The van der Waals surface area contributed by atoms with Crippen molar-refractivity contribution in [2.24, 2.45) is 0 Å². The second-order valence-electron chi connectivity index (χ2n) is 3.69. The first-order valence-electron chi connectivity index (χ1n) is 5.38. The Kier molecular flexibility index (Phi) is 3.51. The smallest absolute Gasteiger partial charge is 0.282 e. The van der Waals surface area contributed by atoms with Gasteiger partial charge in [-0.2, -0.15) is 4.98 Å². The Balaban J connectivity index is 2.10. The van der Waals surface area contributed by atoms with Gasteiger partial charge in [0.1, 0.15) is 5.56 Å². The first-order valence-corrected chi connectivity index (χ1v) is 5.38. The summed E-state index contributed by atoms with van der Waals surface area (Å²) in [5.74, 6) is 0.127. The lowest BCUT2D eigenvalue weighted by Gasteiger charge is -2.02. The molecule has 0 atom stereocenters. The van der Waals surface area contributed by atoms with E-state index in [0.717, 1.165) is 0 Å². The van der Waals surface area contributed by atoms with Crippen LogP contribution in [0, 0.1) is 17.0 Å². The Morgan fingerprint density at radius 1 is 1.47 bits per heavy atom. The minimum Gasteiger partial charge on any atom is -0.343 e. The molecule has 0 fully saturated rings. The van der Waals surface area contributed by atoms with Crippen molar-refractivity contribution in [3.8, 4) is 0 Å².